The van der Waals surface area contributed by atoms with Gasteiger partial charge in [0, 0.05) is 0 Å². The quantitative estimate of drug-likeness (QED) is 0.432. The zero-order valence-corrected chi connectivity index (χ0v) is 16.3. The molecule has 0 aliphatic heterocycles. The van der Waals surface area contributed by atoms with Gasteiger partial charge in [-0.3, -0.25) is 0 Å². The maximum atomic E-state index is 2.48. The lowest BCUT2D eigenvalue weighted by Crippen LogP contribution is -2.26. The van der Waals surface area contributed by atoms with Gasteiger partial charge in [0.25, 0.3) is 14.1 Å². The van der Waals surface area contributed by atoms with Crippen LogP contribution in [0.5, 0.6) is 0 Å². The van der Waals surface area contributed by atoms with Crippen LogP contribution in [0.15, 0.2) is 0 Å². The van der Waals surface area contributed by atoms with Crippen LogP contribution in [0.3, 0.4) is 0 Å². The van der Waals surface area contributed by atoms with Gasteiger partial charge in [0.15, 0.2) is 0 Å². The molecule has 0 aromatic carbocycles. The van der Waals surface area contributed by atoms with Gasteiger partial charge in [-0.25, -0.2) is 0 Å². The lowest BCUT2D eigenvalue weighted by atomic mass is 10.00. The molecule has 3 atom stereocenters. The molecule has 0 spiro atoms. The molecule has 3 unspecified atom stereocenters. The lowest BCUT2D eigenvalue weighted by Gasteiger charge is -2.27. The Bertz CT molecular complexity index is 182. The van der Waals surface area contributed by atoms with Crippen molar-refractivity contribution in [3.63, 3.8) is 0 Å². The van der Waals surface area contributed by atoms with Crippen LogP contribution in [0.2, 0.25) is 15.8 Å². The second-order valence-electron chi connectivity index (χ2n) is 8.24. The Morgan fingerprint density at radius 1 is 0.474 bits per heavy atom. The summed E-state index contributed by atoms with van der Waals surface area (Å²) in [4.78, 5) is 0. The molecule has 0 aliphatic rings. The lowest BCUT2D eigenvalue weighted by molar-refractivity contribution is 0.421. The first-order valence-electron chi connectivity index (χ1n) is 8.65. The summed E-state index contributed by atoms with van der Waals surface area (Å²) in [6.45, 7) is 21.8. The molecule has 0 aliphatic carbocycles. The maximum Gasteiger partial charge on any atom is 0.262 e. The average Bonchev–Trinajstić information content (AvgIpc) is 2.27. The van der Waals surface area contributed by atoms with Crippen molar-refractivity contribution >= 4 is 14.1 Å². The fraction of sp³-hybridized carbons (Fsp3) is 1.00. The first-order chi connectivity index (χ1) is 8.65. The number of rotatable bonds is 9. The Kier molecular flexibility index (Phi) is 9.73. The van der Waals surface area contributed by atoms with E-state index in [0.29, 0.717) is 0 Å². The summed E-state index contributed by atoms with van der Waals surface area (Å²) in [5.74, 6) is 5.36. The highest BCUT2D eigenvalue weighted by atomic mass is 27.2. The zero-order valence-electron chi connectivity index (χ0n) is 15.2. The minimum atomic E-state index is -0.576. The third-order valence-electron chi connectivity index (χ3n) is 5.53. The summed E-state index contributed by atoms with van der Waals surface area (Å²) < 4.78 is 0. The highest BCUT2D eigenvalue weighted by molar-refractivity contribution is 6.59. The van der Waals surface area contributed by atoms with Crippen LogP contribution in [0.4, 0.5) is 0 Å². The van der Waals surface area contributed by atoms with Crippen LogP contribution in [-0.2, 0) is 0 Å². The average molecular weight is 282 g/mol. The van der Waals surface area contributed by atoms with Gasteiger partial charge in [0.1, 0.15) is 0 Å². The van der Waals surface area contributed by atoms with Crippen molar-refractivity contribution in [2.75, 3.05) is 0 Å². The molecule has 0 amide bonds. The minimum Gasteiger partial charge on any atom is -0.0910 e. The highest BCUT2D eigenvalue weighted by Crippen LogP contribution is 2.29. The molecule has 0 fully saturated rings. The van der Waals surface area contributed by atoms with Crippen molar-refractivity contribution in [1.82, 2.24) is 0 Å². The second-order valence-corrected chi connectivity index (χ2v) is 11.4. The monoisotopic (exact) mass is 282 g/mol. The first-order valence-corrected chi connectivity index (χ1v) is 11.1. The minimum absolute atomic E-state index is 0.576. The molecule has 0 heterocycles. The normalized spacial score (nSPS) is 17.1. The number of hydrogen-bond donors (Lipinski definition) is 0. The van der Waals surface area contributed by atoms with E-state index in [2.05, 4.69) is 62.3 Å². The van der Waals surface area contributed by atoms with E-state index in [4.69, 9.17) is 0 Å². The van der Waals surface area contributed by atoms with Crippen molar-refractivity contribution in [1.29, 1.82) is 0 Å². The van der Waals surface area contributed by atoms with E-state index in [1.54, 1.807) is 15.8 Å². The van der Waals surface area contributed by atoms with Crippen molar-refractivity contribution in [2.24, 2.45) is 35.5 Å². The fourth-order valence-electron chi connectivity index (χ4n) is 2.68. The summed E-state index contributed by atoms with van der Waals surface area (Å²) in [7, 11) is 0. The topological polar surface area (TPSA) is 0 Å². The van der Waals surface area contributed by atoms with Crippen LogP contribution in [0, 0.1) is 35.5 Å². The standard InChI is InChI=1S/3C6H13.Al/c3*1-5(2)6(3)4;/h3*5-6H,1H2,2-4H3;. The molecule has 19 heavy (non-hydrogen) atoms. The molecule has 0 aromatic rings. The van der Waals surface area contributed by atoms with Gasteiger partial charge in [-0.1, -0.05) is 95.9 Å². The number of hydrogen-bond acceptors (Lipinski definition) is 0. The molecule has 0 bridgehead atoms. The maximum absolute atomic E-state index is 2.48. The Labute approximate surface area is 128 Å². The molecule has 0 saturated carbocycles. The second kappa shape index (κ2) is 9.47. The summed E-state index contributed by atoms with van der Waals surface area (Å²) in [6, 6.07) is 0. The third kappa shape index (κ3) is 8.42. The smallest absolute Gasteiger partial charge is 0.0910 e. The molecule has 0 saturated heterocycles. The third-order valence-corrected chi connectivity index (χ3v) is 9.76. The van der Waals surface area contributed by atoms with Gasteiger partial charge in [-0.2, -0.15) is 0 Å². The van der Waals surface area contributed by atoms with E-state index in [1.807, 2.05) is 0 Å². The Balaban J connectivity index is 4.54. The predicted octanol–water partition coefficient (Wildman–Crippen LogP) is 6.36. The fourth-order valence-corrected chi connectivity index (χ4v) is 8.05. The van der Waals surface area contributed by atoms with E-state index in [1.165, 1.54) is 0 Å². The van der Waals surface area contributed by atoms with Gasteiger partial charge in [-0.15, -0.1) is 0 Å². The summed E-state index contributed by atoms with van der Waals surface area (Å²) in [6.07, 6.45) is 0. The molecule has 0 radical (unpaired) electrons. The Morgan fingerprint density at radius 3 is 0.842 bits per heavy atom. The van der Waals surface area contributed by atoms with Crippen molar-refractivity contribution in [2.45, 2.75) is 78.2 Å². The zero-order chi connectivity index (χ0) is 15.2. The molecule has 114 valence electrons. The first kappa shape index (κ1) is 19.5. The van der Waals surface area contributed by atoms with Crippen LogP contribution < -0.4 is 0 Å². The SMILES string of the molecule is CC(C)C(C)[CH2][Al]([CH2]C(C)C(C)C)[CH2]C(C)C(C)C. The molecular formula is C18H39Al. The highest BCUT2D eigenvalue weighted by Gasteiger charge is 2.27. The van der Waals surface area contributed by atoms with Crippen LogP contribution in [0.25, 0.3) is 0 Å². The molecule has 0 aromatic heterocycles. The van der Waals surface area contributed by atoms with Crippen molar-refractivity contribution in [3.05, 3.63) is 0 Å². The summed E-state index contributed by atoms with van der Waals surface area (Å²) in [5.41, 5.74) is 0. The van der Waals surface area contributed by atoms with E-state index in [0.717, 1.165) is 35.5 Å². The van der Waals surface area contributed by atoms with Gasteiger partial charge >= 0.3 is 0 Å². The van der Waals surface area contributed by atoms with Gasteiger partial charge < -0.3 is 0 Å². The molecule has 0 N–H and O–H groups in total. The molecule has 0 rings (SSSR count). The molecule has 0 nitrogen and oxygen atoms in total. The van der Waals surface area contributed by atoms with E-state index < -0.39 is 14.1 Å². The van der Waals surface area contributed by atoms with Gasteiger partial charge in [-0.05, 0) is 17.8 Å². The van der Waals surface area contributed by atoms with Crippen LogP contribution in [0.1, 0.15) is 62.3 Å². The van der Waals surface area contributed by atoms with Crippen LogP contribution >= 0.6 is 0 Å². The molecule has 1 heteroatoms. The molecular weight excluding hydrogens is 243 g/mol. The summed E-state index contributed by atoms with van der Waals surface area (Å²) in [5, 5.41) is 4.68. The van der Waals surface area contributed by atoms with E-state index >= 15 is 0 Å². The Hall–Kier alpha value is 0.532. The van der Waals surface area contributed by atoms with Crippen molar-refractivity contribution in [3.8, 4) is 0 Å². The van der Waals surface area contributed by atoms with E-state index in [-0.39, 0.29) is 0 Å². The van der Waals surface area contributed by atoms with Gasteiger partial charge in [0.05, 0.1) is 0 Å². The largest absolute Gasteiger partial charge is 0.262 e. The van der Waals surface area contributed by atoms with Gasteiger partial charge in [0.2, 0.25) is 0 Å². The Morgan fingerprint density at radius 2 is 0.684 bits per heavy atom. The van der Waals surface area contributed by atoms with E-state index in [9.17, 15) is 0 Å². The van der Waals surface area contributed by atoms with Crippen LogP contribution in [-0.4, -0.2) is 14.1 Å². The predicted molar refractivity (Wildman–Crippen MR) is 92.2 cm³/mol. The summed E-state index contributed by atoms with van der Waals surface area (Å²) >= 11 is -0.576. The van der Waals surface area contributed by atoms with Crippen molar-refractivity contribution < 1.29 is 0 Å².